The first-order chi connectivity index (χ1) is 6.75. The Balaban J connectivity index is 2.25. The minimum absolute atomic E-state index is 0.428. The number of aryl methyl sites for hydroxylation is 2. The Morgan fingerprint density at radius 1 is 1.36 bits per heavy atom. The molecule has 0 fully saturated rings. The van der Waals surface area contributed by atoms with E-state index in [0.29, 0.717) is 5.88 Å². The van der Waals surface area contributed by atoms with E-state index in [1.807, 2.05) is 26.0 Å². The Bertz CT molecular complexity index is 421. The number of oxazole rings is 1. The lowest BCUT2D eigenvalue weighted by Crippen LogP contribution is -1.87. The SMILES string of the molecule is Cc1ccc(Oc2co[c]n2)c(C)c1. The summed E-state index contributed by atoms with van der Waals surface area (Å²) in [5.74, 6) is 1.22. The van der Waals surface area contributed by atoms with Crippen LogP contribution in [-0.4, -0.2) is 4.98 Å². The van der Waals surface area contributed by atoms with Gasteiger partial charge in [-0.1, -0.05) is 17.7 Å². The molecule has 1 heterocycles. The molecule has 2 rings (SSSR count). The Morgan fingerprint density at radius 3 is 2.86 bits per heavy atom. The van der Waals surface area contributed by atoms with Crippen LogP contribution < -0.4 is 4.74 Å². The molecule has 0 atom stereocenters. The van der Waals surface area contributed by atoms with Crippen LogP contribution in [0.3, 0.4) is 0 Å². The normalized spacial score (nSPS) is 10.1. The van der Waals surface area contributed by atoms with Crippen molar-refractivity contribution in [1.82, 2.24) is 4.98 Å². The van der Waals surface area contributed by atoms with Gasteiger partial charge >= 0.3 is 0 Å². The molecule has 0 amide bonds. The fourth-order valence-corrected chi connectivity index (χ4v) is 1.25. The highest BCUT2D eigenvalue weighted by atomic mass is 16.5. The van der Waals surface area contributed by atoms with Gasteiger partial charge in [-0.25, -0.2) is 0 Å². The van der Waals surface area contributed by atoms with Crippen LogP contribution in [0.2, 0.25) is 0 Å². The molecule has 2 aromatic rings. The van der Waals surface area contributed by atoms with Gasteiger partial charge in [-0.05, 0) is 25.5 Å². The topological polar surface area (TPSA) is 35.3 Å². The van der Waals surface area contributed by atoms with Gasteiger partial charge in [0, 0.05) is 0 Å². The maximum absolute atomic E-state index is 5.47. The van der Waals surface area contributed by atoms with Gasteiger partial charge in [0.25, 0.3) is 12.3 Å². The molecule has 3 heteroatoms. The second kappa shape index (κ2) is 3.54. The van der Waals surface area contributed by atoms with E-state index in [2.05, 4.69) is 21.9 Å². The fraction of sp³-hybridized carbons (Fsp3) is 0.182. The van der Waals surface area contributed by atoms with Crippen LogP contribution in [0, 0.1) is 20.2 Å². The summed E-state index contributed by atoms with van der Waals surface area (Å²) in [7, 11) is 0. The first kappa shape index (κ1) is 8.81. The quantitative estimate of drug-likeness (QED) is 0.726. The second-order valence-electron chi connectivity index (χ2n) is 3.15. The molecule has 71 valence electrons. The molecule has 1 aromatic carbocycles. The zero-order chi connectivity index (χ0) is 9.97. The third-order valence-electron chi connectivity index (χ3n) is 1.91. The maximum Gasteiger partial charge on any atom is 0.287 e. The summed E-state index contributed by atoms with van der Waals surface area (Å²) in [5, 5.41) is 0. The van der Waals surface area contributed by atoms with E-state index in [1.54, 1.807) is 0 Å². The molecule has 0 spiro atoms. The van der Waals surface area contributed by atoms with E-state index in [9.17, 15) is 0 Å². The summed E-state index contributed by atoms with van der Waals surface area (Å²) in [6.45, 7) is 4.03. The third-order valence-corrected chi connectivity index (χ3v) is 1.91. The van der Waals surface area contributed by atoms with Gasteiger partial charge in [0.1, 0.15) is 5.75 Å². The van der Waals surface area contributed by atoms with Crippen LogP contribution in [0.1, 0.15) is 11.1 Å². The van der Waals surface area contributed by atoms with Gasteiger partial charge in [0.05, 0.1) is 0 Å². The predicted octanol–water partition coefficient (Wildman–Crippen LogP) is 2.88. The van der Waals surface area contributed by atoms with Crippen molar-refractivity contribution >= 4 is 0 Å². The van der Waals surface area contributed by atoms with Crippen molar-refractivity contribution < 1.29 is 9.15 Å². The molecule has 3 nitrogen and oxygen atoms in total. The highest BCUT2D eigenvalue weighted by Crippen LogP contribution is 2.23. The summed E-state index contributed by atoms with van der Waals surface area (Å²) in [4.78, 5) is 3.76. The lowest BCUT2D eigenvalue weighted by molar-refractivity contribution is 0.454. The van der Waals surface area contributed by atoms with Crippen molar-refractivity contribution in [3.05, 3.63) is 42.0 Å². The average Bonchev–Trinajstić information content (AvgIpc) is 2.62. The predicted molar refractivity (Wildman–Crippen MR) is 51.3 cm³/mol. The van der Waals surface area contributed by atoms with Gasteiger partial charge in [0.2, 0.25) is 0 Å². The molecule has 1 aromatic heterocycles. The lowest BCUT2D eigenvalue weighted by atomic mass is 10.1. The Morgan fingerprint density at radius 2 is 2.21 bits per heavy atom. The Kier molecular flexibility index (Phi) is 2.23. The van der Waals surface area contributed by atoms with Gasteiger partial charge in [-0.15, -0.1) is 0 Å². The van der Waals surface area contributed by atoms with Crippen molar-refractivity contribution in [2.75, 3.05) is 0 Å². The zero-order valence-electron chi connectivity index (χ0n) is 8.07. The molecule has 0 aliphatic rings. The van der Waals surface area contributed by atoms with E-state index in [4.69, 9.17) is 4.74 Å². The fourth-order valence-electron chi connectivity index (χ4n) is 1.25. The van der Waals surface area contributed by atoms with Gasteiger partial charge in [-0.3, -0.25) is 0 Å². The van der Waals surface area contributed by atoms with Crippen molar-refractivity contribution in [1.29, 1.82) is 0 Å². The minimum atomic E-state index is 0.428. The first-order valence-corrected chi connectivity index (χ1v) is 4.32. The van der Waals surface area contributed by atoms with E-state index in [-0.39, 0.29) is 0 Å². The van der Waals surface area contributed by atoms with Gasteiger partial charge < -0.3 is 9.15 Å². The van der Waals surface area contributed by atoms with Crippen LogP contribution >= 0.6 is 0 Å². The van der Waals surface area contributed by atoms with Crippen molar-refractivity contribution in [3.8, 4) is 11.6 Å². The minimum Gasteiger partial charge on any atom is -0.437 e. The standard InChI is InChI=1S/C11H10NO2/c1-8-3-4-10(9(2)5-8)14-11-6-13-7-12-11/h3-6H,1-2H3. The lowest BCUT2D eigenvalue weighted by Gasteiger charge is -2.05. The third kappa shape index (κ3) is 1.76. The molecule has 0 aliphatic heterocycles. The van der Waals surface area contributed by atoms with Crippen LogP contribution in [-0.2, 0) is 0 Å². The molecule has 0 aliphatic carbocycles. The van der Waals surface area contributed by atoms with E-state index < -0.39 is 0 Å². The summed E-state index contributed by atoms with van der Waals surface area (Å²) >= 11 is 0. The van der Waals surface area contributed by atoms with Gasteiger partial charge in [0.15, 0.2) is 6.26 Å². The zero-order valence-corrected chi connectivity index (χ0v) is 8.07. The molecule has 0 saturated heterocycles. The van der Waals surface area contributed by atoms with E-state index >= 15 is 0 Å². The number of nitrogens with zero attached hydrogens (tertiary/aromatic N) is 1. The molecule has 14 heavy (non-hydrogen) atoms. The summed E-state index contributed by atoms with van der Waals surface area (Å²) in [6.07, 6.45) is 3.75. The smallest absolute Gasteiger partial charge is 0.287 e. The summed E-state index contributed by atoms with van der Waals surface area (Å²) in [5.41, 5.74) is 2.29. The van der Waals surface area contributed by atoms with Crippen LogP contribution in [0.25, 0.3) is 0 Å². The van der Waals surface area contributed by atoms with Crippen LogP contribution in [0.15, 0.2) is 28.9 Å². The van der Waals surface area contributed by atoms with Crippen molar-refractivity contribution in [2.45, 2.75) is 13.8 Å². The largest absolute Gasteiger partial charge is 0.437 e. The summed E-state index contributed by atoms with van der Waals surface area (Å²) < 4.78 is 10.2. The van der Waals surface area contributed by atoms with Crippen LogP contribution in [0.5, 0.6) is 11.6 Å². The number of ether oxygens (including phenoxy) is 1. The second-order valence-corrected chi connectivity index (χ2v) is 3.15. The van der Waals surface area contributed by atoms with Crippen molar-refractivity contribution in [3.63, 3.8) is 0 Å². The Labute approximate surface area is 82.3 Å². The highest BCUT2D eigenvalue weighted by molar-refractivity contribution is 5.37. The molecule has 0 N–H and O–H groups in total. The number of benzene rings is 1. The average molecular weight is 188 g/mol. The molecule has 0 unspecified atom stereocenters. The highest BCUT2D eigenvalue weighted by Gasteiger charge is 2.03. The molecule has 0 saturated carbocycles. The monoisotopic (exact) mass is 188 g/mol. The number of rotatable bonds is 2. The van der Waals surface area contributed by atoms with Crippen molar-refractivity contribution in [2.24, 2.45) is 0 Å². The van der Waals surface area contributed by atoms with E-state index in [1.165, 1.54) is 11.8 Å². The maximum atomic E-state index is 5.47. The molecular weight excluding hydrogens is 178 g/mol. The molecule has 1 radical (unpaired) electrons. The number of hydrogen-bond acceptors (Lipinski definition) is 3. The summed E-state index contributed by atoms with van der Waals surface area (Å²) in [6, 6.07) is 5.96. The molecule has 0 bridgehead atoms. The van der Waals surface area contributed by atoms with E-state index in [0.717, 1.165) is 11.3 Å². The first-order valence-electron chi connectivity index (χ1n) is 4.32. The van der Waals surface area contributed by atoms with Gasteiger partial charge in [-0.2, -0.15) is 4.98 Å². The number of hydrogen-bond donors (Lipinski definition) is 0. The number of aromatic nitrogens is 1. The van der Waals surface area contributed by atoms with Crippen LogP contribution in [0.4, 0.5) is 0 Å². The Hall–Kier alpha value is -1.77. The molecular formula is C11H10NO2.